The van der Waals surface area contributed by atoms with Crippen LogP contribution >= 0.6 is 0 Å². The molecule has 1 aromatic carbocycles. The zero-order valence-electron chi connectivity index (χ0n) is 11.4. The Hall–Kier alpha value is -2.14. The normalized spacial score (nSPS) is 15.6. The SMILES string of the molecule is Cc1c(C(N)=O)nc2cc[c]cc2c1N1CCNCC1. The Morgan fingerprint density at radius 1 is 1.45 bits per heavy atom. The average Bonchev–Trinajstić information content (AvgIpc) is 2.47. The third kappa shape index (κ3) is 2.10. The van der Waals surface area contributed by atoms with E-state index in [0.29, 0.717) is 5.69 Å². The van der Waals surface area contributed by atoms with Crippen LogP contribution in [0.3, 0.4) is 0 Å². The summed E-state index contributed by atoms with van der Waals surface area (Å²) in [6.45, 7) is 5.61. The van der Waals surface area contributed by atoms with Crippen molar-refractivity contribution in [1.29, 1.82) is 0 Å². The topological polar surface area (TPSA) is 71.2 Å². The standard InChI is InChI=1S/C15H17N4O/c1-10-13(15(16)20)18-12-5-3-2-4-11(12)14(10)19-8-6-17-7-9-19/h3-5,17H,6-9H2,1H3,(H2,16,20). The minimum absolute atomic E-state index is 0.359. The van der Waals surface area contributed by atoms with E-state index >= 15 is 0 Å². The summed E-state index contributed by atoms with van der Waals surface area (Å²) in [6, 6.07) is 8.69. The summed E-state index contributed by atoms with van der Waals surface area (Å²) in [4.78, 5) is 18.3. The number of primary amides is 1. The Morgan fingerprint density at radius 3 is 2.90 bits per heavy atom. The highest BCUT2D eigenvalue weighted by atomic mass is 16.1. The highest BCUT2D eigenvalue weighted by molar-refractivity contribution is 6.01. The fraction of sp³-hybridized carbons (Fsp3) is 0.333. The van der Waals surface area contributed by atoms with Crippen LogP contribution < -0.4 is 16.0 Å². The lowest BCUT2D eigenvalue weighted by atomic mass is 10.0. The number of anilines is 1. The van der Waals surface area contributed by atoms with Crippen LogP contribution in [0.25, 0.3) is 10.9 Å². The number of nitrogens with one attached hydrogen (secondary N) is 1. The molecule has 0 atom stereocenters. The summed E-state index contributed by atoms with van der Waals surface area (Å²) >= 11 is 0. The number of pyridine rings is 1. The molecule has 20 heavy (non-hydrogen) atoms. The molecule has 1 saturated heterocycles. The van der Waals surface area contributed by atoms with E-state index in [1.807, 2.05) is 19.1 Å². The largest absolute Gasteiger partial charge is 0.368 e. The van der Waals surface area contributed by atoms with E-state index in [1.54, 1.807) is 6.07 Å². The summed E-state index contributed by atoms with van der Waals surface area (Å²) in [5.74, 6) is -0.478. The van der Waals surface area contributed by atoms with Gasteiger partial charge in [0.2, 0.25) is 0 Å². The van der Waals surface area contributed by atoms with Crippen molar-refractivity contribution in [1.82, 2.24) is 10.3 Å². The maximum absolute atomic E-state index is 11.6. The van der Waals surface area contributed by atoms with Crippen molar-refractivity contribution in [2.45, 2.75) is 6.92 Å². The molecule has 2 heterocycles. The first-order valence-corrected chi connectivity index (χ1v) is 6.74. The van der Waals surface area contributed by atoms with Crippen LogP contribution in [0.1, 0.15) is 16.1 Å². The first kappa shape index (κ1) is 12.9. The van der Waals surface area contributed by atoms with Crippen LogP contribution in [-0.2, 0) is 0 Å². The van der Waals surface area contributed by atoms with E-state index in [-0.39, 0.29) is 0 Å². The number of hydrogen-bond donors (Lipinski definition) is 2. The molecule has 5 heteroatoms. The molecule has 3 N–H and O–H groups in total. The van der Waals surface area contributed by atoms with Gasteiger partial charge in [0, 0.05) is 37.1 Å². The maximum atomic E-state index is 11.6. The first-order chi connectivity index (χ1) is 9.68. The smallest absolute Gasteiger partial charge is 0.267 e. The van der Waals surface area contributed by atoms with Crippen LogP contribution in [0.15, 0.2) is 18.2 Å². The lowest BCUT2D eigenvalue weighted by Crippen LogP contribution is -2.44. The first-order valence-electron chi connectivity index (χ1n) is 6.74. The summed E-state index contributed by atoms with van der Waals surface area (Å²) in [5, 5.41) is 4.36. The number of fused-ring (bicyclic) bond motifs is 1. The van der Waals surface area contributed by atoms with Crippen molar-refractivity contribution in [3.05, 3.63) is 35.5 Å². The predicted octanol–water partition coefficient (Wildman–Crippen LogP) is 0.852. The fourth-order valence-corrected chi connectivity index (χ4v) is 2.76. The van der Waals surface area contributed by atoms with Crippen molar-refractivity contribution >= 4 is 22.5 Å². The van der Waals surface area contributed by atoms with Gasteiger partial charge in [-0.05, 0) is 25.1 Å². The zero-order valence-corrected chi connectivity index (χ0v) is 11.4. The Morgan fingerprint density at radius 2 is 2.20 bits per heavy atom. The quantitative estimate of drug-likeness (QED) is 0.848. The highest BCUT2D eigenvalue weighted by Crippen LogP contribution is 2.31. The molecule has 1 aliphatic rings. The van der Waals surface area contributed by atoms with Crippen LogP contribution in [-0.4, -0.2) is 37.1 Å². The number of aromatic nitrogens is 1. The van der Waals surface area contributed by atoms with Crippen molar-refractivity contribution in [2.75, 3.05) is 31.1 Å². The van der Waals surface area contributed by atoms with Gasteiger partial charge in [-0.25, -0.2) is 4.98 Å². The second kappa shape index (κ2) is 5.09. The van der Waals surface area contributed by atoms with Crippen molar-refractivity contribution in [2.24, 2.45) is 5.73 Å². The molecule has 3 rings (SSSR count). The number of benzene rings is 1. The molecular weight excluding hydrogens is 252 g/mol. The van der Waals surface area contributed by atoms with Crippen LogP contribution in [0.2, 0.25) is 0 Å². The molecule has 0 saturated carbocycles. The number of hydrogen-bond acceptors (Lipinski definition) is 4. The molecule has 2 aromatic rings. The number of carbonyl (C=O) groups excluding carboxylic acids is 1. The molecule has 103 valence electrons. The molecule has 0 spiro atoms. The van der Waals surface area contributed by atoms with E-state index in [9.17, 15) is 4.79 Å². The Labute approximate surface area is 117 Å². The number of carbonyl (C=O) groups is 1. The van der Waals surface area contributed by atoms with Crippen molar-refractivity contribution < 1.29 is 4.79 Å². The second-order valence-corrected chi connectivity index (χ2v) is 4.98. The van der Waals surface area contributed by atoms with Gasteiger partial charge < -0.3 is 16.0 Å². The molecule has 0 unspecified atom stereocenters. The number of nitrogens with two attached hydrogens (primary N) is 1. The summed E-state index contributed by atoms with van der Waals surface area (Å²) < 4.78 is 0. The maximum Gasteiger partial charge on any atom is 0.267 e. The third-order valence-electron chi connectivity index (χ3n) is 3.71. The highest BCUT2D eigenvalue weighted by Gasteiger charge is 2.20. The van der Waals surface area contributed by atoms with Gasteiger partial charge in [0.05, 0.1) is 11.2 Å². The van der Waals surface area contributed by atoms with Gasteiger partial charge in [0.25, 0.3) is 5.91 Å². The van der Waals surface area contributed by atoms with E-state index < -0.39 is 5.91 Å². The van der Waals surface area contributed by atoms with E-state index in [0.717, 1.165) is 48.3 Å². The lowest BCUT2D eigenvalue weighted by Gasteiger charge is -2.32. The molecule has 1 aliphatic heterocycles. The predicted molar refractivity (Wildman–Crippen MR) is 78.9 cm³/mol. The summed E-state index contributed by atoms with van der Waals surface area (Å²) in [7, 11) is 0. The lowest BCUT2D eigenvalue weighted by molar-refractivity contribution is 0.0995. The van der Waals surface area contributed by atoms with Crippen LogP contribution in [0.5, 0.6) is 0 Å². The Bertz CT molecular complexity index is 662. The van der Waals surface area contributed by atoms with E-state index in [2.05, 4.69) is 21.3 Å². The van der Waals surface area contributed by atoms with Crippen molar-refractivity contribution in [3.63, 3.8) is 0 Å². The van der Waals surface area contributed by atoms with Crippen molar-refractivity contribution in [3.8, 4) is 0 Å². The molecule has 0 aliphatic carbocycles. The van der Waals surface area contributed by atoms with Gasteiger partial charge in [-0.15, -0.1) is 0 Å². The molecule has 1 aromatic heterocycles. The van der Waals surface area contributed by atoms with Gasteiger partial charge >= 0.3 is 0 Å². The van der Waals surface area contributed by atoms with Gasteiger partial charge in [-0.1, -0.05) is 6.07 Å². The van der Waals surface area contributed by atoms with Gasteiger partial charge in [-0.3, -0.25) is 4.79 Å². The molecule has 1 radical (unpaired) electrons. The fourth-order valence-electron chi connectivity index (χ4n) is 2.76. The number of amides is 1. The second-order valence-electron chi connectivity index (χ2n) is 4.98. The average molecular weight is 269 g/mol. The minimum Gasteiger partial charge on any atom is -0.368 e. The van der Waals surface area contributed by atoms with Gasteiger partial charge in [0.1, 0.15) is 5.69 Å². The van der Waals surface area contributed by atoms with Gasteiger partial charge in [-0.2, -0.15) is 0 Å². The molecule has 0 bridgehead atoms. The Kier molecular flexibility index (Phi) is 3.28. The Balaban J connectivity index is 2.25. The van der Waals surface area contributed by atoms with Crippen LogP contribution in [0, 0.1) is 13.0 Å². The number of rotatable bonds is 2. The molecule has 1 fully saturated rings. The van der Waals surface area contributed by atoms with Gasteiger partial charge in [0.15, 0.2) is 0 Å². The zero-order chi connectivity index (χ0) is 14.1. The molecule has 5 nitrogen and oxygen atoms in total. The monoisotopic (exact) mass is 269 g/mol. The van der Waals surface area contributed by atoms with E-state index in [4.69, 9.17) is 5.73 Å². The van der Waals surface area contributed by atoms with Crippen LogP contribution in [0.4, 0.5) is 5.69 Å². The summed E-state index contributed by atoms with van der Waals surface area (Å²) in [5.41, 5.74) is 8.52. The third-order valence-corrected chi connectivity index (χ3v) is 3.71. The van der Waals surface area contributed by atoms with E-state index in [1.165, 1.54) is 0 Å². The summed E-state index contributed by atoms with van der Waals surface area (Å²) in [6.07, 6.45) is 0. The molecular formula is C15H17N4O. The minimum atomic E-state index is -0.478. The number of piperazine rings is 1. The number of nitrogens with zero attached hydrogens (tertiary/aromatic N) is 2. The molecule has 1 amide bonds.